The van der Waals surface area contributed by atoms with E-state index in [1.807, 2.05) is 12.1 Å². The highest BCUT2D eigenvalue weighted by molar-refractivity contribution is 5.95. The molecule has 0 atom stereocenters. The molecule has 28 heavy (non-hydrogen) atoms. The Morgan fingerprint density at radius 1 is 1.07 bits per heavy atom. The van der Waals surface area contributed by atoms with Gasteiger partial charge in [0.15, 0.2) is 5.78 Å². The molecule has 0 spiro atoms. The average Bonchev–Trinajstić information content (AvgIpc) is 2.72. The van der Waals surface area contributed by atoms with Gasteiger partial charge in [-0.2, -0.15) is 0 Å². The van der Waals surface area contributed by atoms with Crippen LogP contribution in [0.15, 0.2) is 48.5 Å². The van der Waals surface area contributed by atoms with Crippen LogP contribution in [0.1, 0.15) is 60.4 Å². The summed E-state index contributed by atoms with van der Waals surface area (Å²) in [6, 6.07) is 14.6. The van der Waals surface area contributed by atoms with E-state index in [0.717, 1.165) is 44.4 Å². The van der Waals surface area contributed by atoms with Crippen LogP contribution in [0.3, 0.4) is 0 Å². The molecule has 0 amide bonds. The number of carbonyl (C=O) groups is 1. The number of Topliss-reactive ketones (excluding diaryl/α,β-unsaturated/α-hetero) is 1. The summed E-state index contributed by atoms with van der Waals surface area (Å²) in [4.78, 5) is 12.1. The number of nitrogens with one attached hydrogen (secondary N) is 1. The molecule has 0 radical (unpaired) electrons. The average molecular weight is 406 g/mol. The lowest BCUT2D eigenvalue weighted by atomic mass is 9.81. The van der Waals surface area contributed by atoms with E-state index >= 15 is 0 Å². The van der Waals surface area contributed by atoms with Crippen molar-refractivity contribution in [2.75, 3.05) is 13.7 Å². The first-order valence-corrected chi connectivity index (χ1v) is 9.82. The zero-order valence-electron chi connectivity index (χ0n) is 16.3. The van der Waals surface area contributed by atoms with Crippen LogP contribution in [0.5, 0.6) is 5.75 Å². The fourth-order valence-electron chi connectivity index (χ4n) is 3.95. The van der Waals surface area contributed by atoms with Crippen LogP contribution >= 0.6 is 12.4 Å². The van der Waals surface area contributed by atoms with Crippen molar-refractivity contribution in [3.63, 3.8) is 0 Å². The topological polar surface area (TPSA) is 38.3 Å². The van der Waals surface area contributed by atoms with Crippen molar-refractivity contribution in [3.8, 4) is 5.75 Å². The molecule has 2 aromatic carbocycles. The first-order chi connectivity index (χ1) is 13.2. The standard InChI is InChI=1S/C23H28FNO2.ClH/c1-27-23-7-3-2-5-21(23)17-10-14-20(15-11-17)25-16-4-6-22(26)18-8-12-19(24)13-9-18;/h2-3,5,7-9,12-13,17,20,25H,4,6,10-11,14-16H2,1H3;1H. The van der Waals surface area contributed by atoms with E-state index in [4.69, 9.17) is 4.74 Å². The van der Waals surface area contributed by atoms with Gasteiger partial charge in [-0.15, -0.1) is 12.4 Å². The van der Waals surface area contributed by atoms with Crippen molar-refractivity contribution in [1.29, 1.82) is 0 Å². The van der Waals surface area contributed by atoms with Gasteiger partial charge >= 0.3 is 0 Å². The molecule has 0 heterocycles. The van der Waals surface area contributed by atoms with E-state index in [2.05, 4.69) is 17.4 Å². The van der Waals surface area contributed by atoms with Crippen LogP contribution in [-0.2, 0) is 0 Å². The highest BCUT2D eigenvalue weighted by atomic mass is 35.5. The minimum atomic E-state index is -0.308. The number of rotatable bonds is 8. The number of ether oxygens (including phenoxy) is 1. The summed E-state index contributed by atoms with van der Waals surface area (Å²) in [6.45, 7) is 0.844. The molecule has 3 rings (SSSR count). The predicted octanol–water partition coefficient (Wildman–Crippen LogP) is 5.54. The molecule has 0 aliphatic heterocycles. The Bertz CT molecular complexity index is 743. The first kappa shape index (κ1) is 22.4. The third-order valence-corrected chi connectivity index (χ3v) is 5.49. The van der Waals surface area contributed by atoms with Gasteiger partial charge in [0.25, 0.3) is 0 Å². The summed E-state index contributed by atoms with van der Waals surface area (Å²) >= 11 is 0. The van der Waals surface area contributed by atoms with E-state index in [-0.39, 0.29) is 24.0 Å². The predicted molar refractivity (Wildman–Crippen MR) is 113 cm³/mol. The van der Waals surface area contributed by atoms with Crippen molar-refractivity contribution in [2.24, 2.45) is 0 Å². The van der Waals surface area contributed by atoms with Gasteiger partial charge in [-0.05, 0) is 80.5 Å². The number of ketones is 1. The Balaban J connectivity index is 0.00000280. The van der Waals surface area contributed by atoms with Gasteiger partial charge in [0, 0.05) is 18.0 Å². The van der Waals surface area contributed by atoms with Gasteiger partial charge in [-0.1, -0.05) is 18.2 Å². The number of carbonyl (C=O) groups excluding carboxylic acids is 1. The lowest BCUT2D eigenvalue weighted by Crippen LogP contribution is -2.33. The zero-order chi connectivity index (χ0) is 19.1. The monoisotopic (exact) mass is 405 g/mol. The molecular formula is C23H29ClFNO2. The summed E-state index contributed by atoms with van der Waals surface area (Å²) in [6.07, 6.45) is 5.92. The molecule has 5 heteroatoms. The van der Waals surface area contributed by atoms with Crippen molar-refractivity contribution in [2.45, 2.75) is 50.5 Å². The lowest BCUT2D eigenvalue weighted by Gasteiger charge is -2.30. The van der Waals surface area contributed by atoms with Crippen LogP contribution in [0.2, 0.25) is 0 Å². The molecule has 1 aliphatic rings. The molecular weight excluding hydrogens is 377 g/mol. The number of para-hydroxylation sites is 1. The van der Waals surface area contributed by atoms with Crippen LogP contribution in [-0.4, -0.2) is 25.5 Å². The van der Waals surface area contributed by atoms with Gasteiger partial charge in [-0.3, -0.25) is 4.79 Å². The minimum absolute atomic E-state index is 0. The second-order valence-electron chi connectivity index (χ2n) is 7.28. The molecule has 2 aromatic rings. The maximum Gasteiger partial charge on any atom is 0.162 e. The van der Waals surface area contributed by atoms with E-state index < -0.39 is 0 Å². The van der Waals surface area contributed by atoms with Crippen LogP contribution in [0, 0.1) is 5.82 Å². The number of methoxy groups -OCH3 is 1. The summed E-state index contributed by atoms with van der Waals surface area (Å²) in [5, 5.41) is 3.59. The third-order valence-electron chi connectivity index (χ3n) is 5.49. The van der Waals surface area contributed by atoms with Crippen LogP contribution in [0.4, 0.5) is 4.39 Å². The molecule has 0 unspecified atom stereocenters. The molecule has 0 aromatic heterocycles. The fourth-order valence-corrected chi connectivity index (χ4v) is 3.95. The number of benzene rings is 2. The van der Waals surface area contributed by atoms with Crippen molar-refractivity contribution in [3.05, 3.63) is 65.5 Å². The van der Waals surface area contributed by atoms with Crippen molar-refractivity contribution in [1.82, 2.24) is 5.32 Å². The molecule has 0 bridgehead atoms. The summed E-state index contributed by atoms with van der Waals surface area (Å²) < 4.78 is 18.4. The number of hydrogen-bond donors (Lipinski definition) is 1. The first-order valence-electron chi connectivity index (χ1n) is 9.82. The van der Waals surface area contributed by atoms with Crippen LogP contribution in [0.25, 0.3) is 0 Å². The highest BCUT2D eigenvalue weighted by Gasteiger charge is 2.23. The second kappa shape index (κ2) is 11.2. The smallest absolute Gasteiger partial charge is 0.162 e. The Morgan fingerprint density at radius 3 is 2.43 bits per heavy atom. The van der Waals surface area contributed by atoms with Gasteiger partial charge in [-0.25, -0.2) is 4.39 Å². The van der Waals surface area contributed by atoms with Gasteiger partial charge in [0.2, 0.25) is 0 Å². The Morgan fingerprint density at radius 2 is 1.75 bits per heavy atom. The normalized spacial score (nSPS) is 18.9. The van der Waals surface area contributed by atoms with Gasteiger partial charge < -0.3 is 10.1 Å². The number of halogens is 2. The second-order valence-corrected chi connectivity index (χ2v) is 7.28. The fraction of sp³-hybridized carbons (Fsp3) is 0.435. The van der Waals surface area contributed by atoms with Gasteiger partial charge in [0.05, 0.1) is 7.11 Å². The Kier molecular flexibility index (Phi) is 8.94. The lowest BCUT2D eigenvalue weighted by molar-refractivity contribution is 0.0979. The van der Waals surface area contributed by atoms with Crippen LogP contribution < -0.4 is 10.1 Å². The maximum atomic E-state index is 12.9. The van der Waals surface area contributed by atoms with Crippen molar-refractivity contribution < 1.29 is 13.9 Å². The Hall–Kier alpha value is -1.91. The van der Waals surface area contributed by atoms with E-state index in [0.29, 0.717) is 23.9 Å². The highest BCUT2D eigenvalue weighted by Crippen LogP contribution is 2.37. The zero-order valence-corrected chi connectivity index (χ0v) is 17.1. The molecule has 152 valence electrons. The quantitative estimate of drug-likeness (QED) is 0.463. The van der Waals surface area contributed by atoms with E-state index in [1.54, 1.807) is 19.2 Å². The largest absolute Gasteiger partial charge is 0.496 e. The summed E-state index contributed by atoms with van der Waals surface area (Å²) in [5.74, 6) is 1.33. The molecule has 0 saturated heterocycles. The molecule has 1 aliphatic carbocycles. The third kappa shape index (κ3) is 6.05. The minimum Gasteiger partial charge on any atom is -0.496 e. The number of hydrogen-bond acceptors (Lipinski definition) is 3. The summed E-state index contributed by atoms with van der Waals surface area (Å²) in [7, 11) is 1.74. The molecule has 1 N–H and O–H groups in total. The SMILES string of the molecule is COc1ccccc1C1CCC(NCCCC(=O)c2ccc(F)cc2)CC1.Cl. The molecule has 1 fully saturated rings. The Labute approximate surface area is 173 Å². The molecule has 1 saturated carbocycles. The maximum absolute atomic E-state index is 12.9. The summed E-state index contributed by atoms with van der Waals surface area (Å²) in [5.41, 5.74) is 1.91. The van der Waals surface area contributed by atoms with E-state index in [1.165, 1.54) is 17.7 Å². The van der Waals surface area contributed by atoms with Gasteiger partial charge in [0.1, 0.15) is 11.6 Å². The molecule has 3 nitrogen and oxygen atoms in total. The van der Waals surface area contributed by atoms with E-state index in [9.17, 15) is 9.18 Å². The van der Waals surface area contributed by atoms with Crippen molar-refractivity contribution >= 4 is 18.2 Å².